The van der Waals surface area contributed by atoms with Crippen molar-refractivity contribution in [3.8, 4) is 0 Å². The lowest BCUT2D eigenvalue weighted by atomic mass is 10.1. The van der Waals surface area contributed by atoms with Gasteiger partial charge >= 0.3 is 0 Å². The van der Waals surface area contributed by atoms with Gasteiger partial charge in [-0.25, -0.2) is 4.39 Å². The molecule has 6 N–H and O–H groups in total. The topological polar surface area (TPSA) is 127 Å². The van der Waals surface area contributed by atoms with Crippen LogP contribution in [0.4, 0.5) is 10.1 Å². The summed E-state index contributed by atoms with van der Waals surface area (Å²) < 4.78 is 13.6. The second-order valence-electron chi connectivity index (χ2n) is 5.09. The van der Waals surface area contributed by atoms with E-state index in [2.05, 4.69) is 10.6 Å². The van der Waals surface area contributed by atoms with E-state index in [4.69, 9.17) is 11.5 Å². The summed E-state index contributed by atoms with van der Waals surface area (Å²) in [5.41, 5.74) is 10.6. The molecule has 1 rings (SSSR count). The molecule has 0 unspecified atom stereocenters. The number of hydrogen-bond donors (Lipinski definition) is 4. The van der Waals surface area contributed by atoms with Crippen LogP contribution < -0.4 is 22.1 Å². The normalized spacial score (nSPS) is 11.9. The molecular formula is C14H19FN4O3. The van der Waals surface area contributed by atoms with E-state index >= 15 is 0 Å². The van der Waals surface area contributed by atoms with Gasteiger partial charge in [-0.3, -0.25) is 14.4 Å². The Morgan fingerprint density at radius 1 is 1.27 bits per heavy atom. The summed E-state index contributed by atoms with van der Waals surface area (Å²) in [7, 11) is 0. The predicted molar refractivity (Wildman–Crippen MR) is 79.4 cm³/mol. The molecule has 0 bridgehead atoms. The highest BCUT2D eigenvalue weighted by molar-refractivity contribution is 5.98. The first kappa shape index (κ1) is 17.6. The van der Waals surface area contributed by atoms with Crippen molar-refractivity contribution in [2.75, 3.05) is 11.9 Å². The molecule has 0 aliphatic carbocycles. The number of benzene rings is 1. The molecular weight excluding hydrogens is 291 g/mol. The van der Waals surface area contributed by atoms with Crippen molar-refractivity contribution in [3.05, 3.63) is 29.6 Å². The van der Waals surface area contributed by atoms with Crippen molar-refractivity contribution in [2.45, 2.75) is 19.9 Å². The molecule has 1 atom stereocenters. The Morgan fingerprint density at radius 3 is 2.45 bits per heavy atom. The van der Waals surface area contributed by atoms with Gasteiger partial charge in [0.25, 0.3) is 0 Å². The minimum atomic E-state index is -0.744. The molecule has 0 saturated heterocycles. The molecule has 0 spiro atoms. The molecule has 8 heteroatoms. The number of amides is 3. The standard InChI is InChI=1S/C14H19FN4O3/c1-7(2)12(16)14(22)18-6-11(20)19-10-5-8(13(17)21)3-4-9(10)15/h3-5,7,12H,6,16H2,1-2H3,(H2,17,21)(H,18,22)(H,19,20)/t12-/m0/s1. The first-order valence-electron chi connectivity index (χ1n) is 6.65. The predicted octanol–water partition coefficient (Wildman–Crippen LogP) is -0.0374. The second-order valence-corrected chi connectivity index (χ2v) is 5.09. The number of rotatable bonds is 6. The summed E-state index contributed by atoms with van der Waals surface area (Å²) in [5.74, 6) is -2.66. The van der Waals surface area contributed by atoms with Gasteiger partial charge in [0.05, 0.1) is 18.3 Å². The number of hydrogen-bond acceptors (Lipinski definition) is 4. The molecule has 22 heavy (non-hydrogen) atoms. The highest BCUT2D eigenvalue weighted by Crippen LogP contribution is 2.15. The lowest BCUT2D eigenvalue weighted by Crippen LogP contribution is -2.46. The molecule has 0 heterocycles. The van der Waals surface area contributed by atoms with E-state index in [0.717, 1.165) is 12.1 Å². The minimum absolute atomic E-state index is 0.0579. The van der Waals surface area contributed by atoms with E-state index in [-0.39, 0.29) is 23.7 Å². The van der Waals surface area contributed by atoms with Gasteiger partial charge in [0.15, 0.2) is 0 Å². The monoisotopic (exact) mass is 310 g/mol. The van der Waals surface area contributed by atoms with Gasteiger partial charge in [-0.05, 0) is 24.1 Å². The lowest BCUT2D eigenvalue weighted by molar-refractivity contribution is -0.125. The first-order valence-corrected chi connectivity index (χ1v) is 6.65. The molecule has 0 radical (unpaired) electrons. The number of nitrogens with one attached hydrogen (secondary N) is 2. The van der Waals surface area contributed by atoms with E-state index in [9.17, 15) is 18.8 Å². The molecule has 3 amide bonds. The van der Waals surface area contributed by atoms with Crippen molar-refractivity contribution in [3.63, 3.8) is 0 Å². The number of anilines is 1. The zero-order chi connectivity index (χ0) is 16.9. The maximum absolute atomic E-state index is 13.6. The van der Waals surface area contributed by atoms with Crippen LogP contribution in [0.15, 0.2) is 18.2 Å². The third kappa shape index (κ3) is 4.81. The van der Waals surface area contributed by atoms with E-state index in [0.29, 0.717) is 0 Å². The highest BCUT2D eigenvalue weighted by atomic mass is 19.1. The molecule has 0 aromatic heterocycles. The van der Waals surface area contributed by atoms with Gasteiger partial charge in [0.1, 0.15) is 5.82 Å². The minimum Gasteiger partial charge on any atom is -0.366 e. The Balaban J connectivity index is 2.64. The van der Waals surface area contributed by atoms with E-state index < -0.39 is 29.6 Å². The number of halogens is 1. The van der Waals surface area contributed by atoms with Crippen molar-refractivity contribution in [1.29, 1.82) is 0 Å². The summed E-state index contributed by atoms with van der Waals surface area (Å²) in [4.78, 5) is 34.3. The van der Waals surface area contributed by atoms with Gasteiger partial charge in [-0.1, -0.05) is 13.8 Å². The highest BCUT2D eigenvalue weighted by Gasteiger charge is 2.18. The molecule has 1 aromatic carbocycles. The number of primary amides is 1. The average molecular weight is 310 g/mol. The van der Waals surface area contributed by atoms with E-state index in [1.165, 1.54) is 6.07 Å². The zero-order valence-electron chi connectivity index (χ0n) is 12.4. The van der Waals surface area contributed by atoms with Gasteiger partial charge < -0.3 is 22.1 Å². The van der Waals surface area contributed by atoms with Crippen molar-refractivity contribution in [1.82, 2.24) is 5.32 Å². The number of nitrogens with two attached hydrogens (primary N) is 2. The fraction of sp³-hybridized carbons (Fsp3) is 0.357. The second kappa shape index (κ2) is 7.51. The summed E-state index contributed by atoms with van der Waals surface area (Å²) in [6.45, 7) is 3.18. The fourth-order valence-corrected chi connectivity index (χ4v) is 1.56. The SMILES string of the molecule is CC(C)[C@H](N)C(=O)NCC(=O)Nc1cc(C(N)=O)ccc1F. The van der Waals surface area contributed by atoms with Crippen LogP contribution in [0.3, 0.4) is 0 Å². The first-order chi connectivity index (χ1) is 10.2. The van der Waals surface area contributed by atoms with E-state index in [1.54, 1.807) is 13.8 Å². The van der Waals surface area contributed by atoms with Crippen molar-refractivity contribution in [2.24, 2.45) is 17.4 Å². The van der Waals surface area contributed by atoms with Gasteiger partial charge in [0, 0.05) is 5.56 Å². The van der Waals surface area contributed by atoms with Crippen molar-refractivity contribution >= 4 is 23.4 Å². The molecule has 0 aliphatic heterocycles. The van der Waals surface area contributed by atoms with Crippen LogP contribution in [0.1, 0.15) is 24.2 Å². The largest absolute Gasteiger partial charge is 0.366 e. The fourth-order valence-electron chi connectivity index (χ4n) is 1.56. The Bertz CT molecular complexity index is 589. The molecule has 0 aliphatic rings. The molecule has 120 valence electrons. The Labute approximate surface area is 127 Å². The van der Waals surface area contributed by atoms with Crippen LogP contribution in [-0.2, 0) is 9.59 Å². The van der Waals surface area contributed by atoms with Gasteiger partial charge in [-0.15, -0.1) is 0 Å². The Morgan fingerprint density at radius 2 is 1.91 bits per heavy atom. The molecule has 0 fully saturated rings. The third-order valence-electron chi connectivity index (χ3n) is 2.97. The molecule has 0 saturated carbocycles. The Hall–Kier alpha value is -2.48. The van der Waals surface area contributed by atoms with Crippen LogP contribution >= 0.6 is 0 Å². The van der Waals surface area contributed by atoms with Crippen LogP contribution in [0.25, 0.3) is 0 Å². The summed E-state index contributed by atoms with van der Waals surface area (Å²) in [6, 6.07) is 2.61. The number of carbonyl (C=O) groups excluding carboxylic acids is 3. The zero-order valence-corrected chi connectivity index (χ0v) is 12.4. The van der Waals surface area contributed by atoms with Crippen molar-refractivity contribution < 1.29 is 18.8 Å². The summed E-state index contributed by atoms with van der Waals surface area (Å²) in [5, 5.41) is 4.60. The smallest absolute Gasteiger partial charge is 0.248 e. The van der Waals surface area contributed by atoms with E-state index in [1.807, 2.05) is 0 Å². The molecule has 7 nitrogen and oxygen atoms in total. The van der Waals surface area contributed by atoms with Gasteiger partial charge in [-0.2, -0.15) is 0 Å². The van der Waals surface area contributed by atoms with Crippen LogP contribution in [0.2, 0.25) is 0 Å². The van der Waals surface area contributed by atoms with Gasteiger partial charge in [0.2, 0.25) is 17.7 Å². The lowest BCUT2D eigenvalue weighted by Gasteiger charge is -2.15. The maximum atomic E-state index is 13.6. The summed E-state index contributed by atoms with van der Waals surface area (Å²) >= 11 is 0. The summed E-state index contributed by atoms with van der Waals surface area (Å²) in [6.07, 6.45) is 0. The number of carbonyl (C=O) groups is 3. The quantitative estimate of drug-likeness (QED) is 0.588. The maximum Gasteiger partial charge on any atom is 0.248 e. The average Bonchev–Trinajstić information content (AvgIpc) is 2.45. The third-order valence-corrected chi connectivity index (χ3v) is 2.97. The molecule has 1 aromatic rings. The van der Waals surface area contributed by atoms with Crippen LogP contribution in [0.5, 0.6) is 0 Å². The van der Waals surface area contributed by atoms with Crippen LogP contribution in [-0.4, -0.2) is 30.3 Å². The van der Waals surface area contributed by atoms with Crippen LogP contribution in [0, 0.1) is 11.7 Å². The Kier molecular flexibility index (Phi) is 6.00.